The second kappa shape index (κ2) is 7.55. The Bertz CT molecular complexity index is 867. The third-order valence-electron chi connectivity index (χ3n) is 6.07. The van der Waals surface area contributed by atoms with Gasteiger partial charge in [0.2, 0.25) is 5.91 Å². The fourth-order valence-corrected chi connectivity index (χ4v) is 5.21. The molecule has 9 heteroatoms. The molecular weight excluding hydrogens is 390 g/mol. The minimum absolute atomic E-state index is 0.0398. The molecule has 8 nitrogen and oxygen atoms in total. The number of amides is 2. The van der Waals surface area contributed by atoms with Crippen LogP contribution >= 0.6 is 11.3 Å². The number of H-pyrrole nitrogens is 1. The van der Waals surface area contributed by atoms with Crippen molar-refractivity contribution < 1.29 is 14.7 Å². The maximum Gasteiger partial charge on any atom is 0.262 e. The third kappa shape index (κ3) is 3.82. The Morgan fingerprint density at radius 3 is 2.86 bits per heavy atom. The fourth-order valence-electron chi connectivity index (χ4n) is 4.59. The van der Waals surface area contributed by atoms with Crippen LogP contribution in [0.15, 0.2) is 29.9 Å². The van der Waals surface area contributed by atoms with Crippen LogP contribution in [0.4, 0.5) is 0 Å². The van der Waals surface area contributed by atoms with Gasteiger partial charge in [0, 0.05) is 44.0 Å². The molecule has 29 heavy (non-hydrogen) atoms. The van der Waals surface area contributed by atoms with Crippen LogP contribution in [0.1, 0.15) is 29.3 Å². The van der Waals surface area contributed by atoms with E-state index in [0.29, 0.717) is 24.5 Å². The number of likely N-dealkylation sites (tertiary alicyclic amines) is 2. The number of hydrogen-bond donors (Lipinski definition) is 3. The zero-order valence-electron chi connectivity index (χ0n) is 16.7. The number of rotatable bonds is 6. The molecule has 2 aromatic heterocycles. The second-order valence-corrected chi connectivity index (χ2v) is 9.61. The molecule has 0 radical (unpaired) electrons. The van der Waals surface area contributed by atoms with E-state index in [9.17, 15) is 14.7 Å². The number of nitrogens with one attached hydrogen (secondary N) is 2. The lowest BCUT2D eigenvalue weighted by atomic mass is 9.82. The van der Waals surface area contributed by atoms with E-state index < -0.39 is 5.54 Å². The predicted molar refractivity (Wildman–Crippen MR) is 109 cm³/mol. The summed E-state index contributed by atoms with van der Waals surface area (Å²) in [6, 6.07) is 3.56. The van der Waals surface area contributed by atoms with E-state index in [4.69, 9.17) is 0 Å². The summed E-state index contributed by atoms with van der Waals surface area (Å²) < 4.78 is 0. The molecule has 0 saturated carbocycles. The number of aromatic amines is 1. The lowest BCUT2D eigenvalue weighted by Crippen LogP contribution is -2.56. The van der Waals surface area contributed by atoms with E-state index >= 15 is 0 Å². The van der Waals surface area contributed by atoms with Gasteiger partial charge in [-0.25, -0.2) is 4.98 Å². The van der Waals surface area contributed by atoms with Gasteiger partial charge in [-0.15, -0.1) is 11.3 Å². The number of aromatic nitrogens is 2. The maximum absolute atomic E-state index is 13.2. The van der Waals surface area contributed by atoms with E-state index in [2.05, 4.69) is 20.2 Å². The molecule has 2 amide bonds. The molecule has 0 bridgehead atoms. The van der Waals surface area contributed by atoms with Crippen molar-refractivity contribution in [1.29, 1.82) is 0 Å². The molecule has 4 heterocycles. The number of thiophene rings is 1. The summed E-state index contributed by atoms with van der Waals surface area (Å²) in [5, 5.41) is 14.9. The maximum atomic E-state index is 13.2. The summed E-state index contributed by atoms with van der Waals surface area (Å²) in [6.07, 6.45) is 3.54. The minimum atomic E-state index is -1.01. The summed E-state index contributed by atoms with van der Waals surface area (Å²) >= 11 is 1.35. The molecule has 3 N–H and O–H groups in total. The highest BCUT2D eigenvalue weighted by Crippen LogP contribution is 2.43. The topological polar surface area (TPSA) is 102 Å². The van der Waals surface area contributed by atoms with E-state index in [0.717, 1.165) is 18.9 Å². The van der Waals surface area contributed by atoms with Gasteiger partial charge in [-0.3, -0.25) is 14.5 Å². The monoisotopic (exact) mass is 417 g/mol. The largest absolute Gasteiger partial charge is 0.396 e. The molecule has 2 fully saturated rings. The summed E-state index contributed by atoms with van der Waals surface area (Å²) in [7, 11) is 0. The van der Waals surface area contributed by atoms with Crippen molar-refractivity contribution in [2.45, 2.75) is 25.9 Å². The molecular formula is C20H27N5O3S. The highest BCUT2D eigenvalue weighted by molar-refractivity contribution is 7.12. The molecule has 2 unspecified atom stereocenters. The van der Waals surface area contributed by atoms with Gasteiger partial charge in [-0.2, -0.15) is 0 Å². The number of imidazole rings is 1. The molecule has 0 aliphatic carbocycles. The number of carbonyl (C=O) groups is 2. The molecule has 2 aromatic rings. The van der Waals surface area contributed by atoms with Crippen molar-refractivity contribution in [1.82, 2.24) is 25.1 Å². The first-order valence-electron chi connectivity index (χ1n) is 9.80. The van der Waals surface area contributed by atoms with E-state index in [1.165, 1.54) is 11.3 Å². The highest BCUT2D eigenvalue weighted by atomic mass is 32.1. The van der Waals surface area contributed by atoms with Crippen LogP contribution in [0.3, 0.4) is 0 Å². The summed E-state index contributed by atoms with van der Waals surface area (Å²) in [6.45, 7) is 6.85. The van der Waals surface area contributed by atoms with Gasteiger partial charge in [0.15, 0.2) is 0 Å². The number of carbonyl (C=O) groups excluding carboxylic acids is 2. The van der Waals surface area contributed by atoms with Gasteiger partial charge < -0.3 is 20.3 Å². The smallest absolute Gasteiger partial charge is 0.262 e. The predicted octanol–water partition coefficient (Wildman–Crippen LogP) is 0.932. The normalized spacial score (nSPS) is 24.7. The van der Waals surface area contributed by atoms with Crippen molar-refractivity contribution in [2.75, 3.05) is 32.8 Å². The first-order chi connectivity index (χ1) is 13.8. The average Bonchev–Trinajstić information content (AvgIpc) is 3.44. The number of nitrogens with zero attached hydrogens (tertiary/aromatic N) is 3. The van der Waals surface area contributed by atoms with Crippen LogP contribution in [0.25, 0.3) is 0 Å². The van der Waals surface area contributed by atoms with Crippen LogP contribution in [0, 0.1) is 11.3 Å². The first kappa shape index (κ1) is 20.1. The van der Waals surface area contributed by atoms with Gasteiger partial charge in [0.05, 0.1) is 18.0 Å². The van der Waals surface area contributed by atoms with E-state index in [1.54, 1.807) is 37.2 Å². The molecule has 2 aliphatic heterocycles. The quantitative estimate of drug-likeness (QED) is 0.649. The number of hydrogen-bond acceptors (Lipinski definition) is 6. The lowest BCUT2D eigenvalue weighted by molar-refractivity contribution is -0.136. The molecule has 156 valence electrons. The zero-order chi connectivity index (χ0) is 20.6. The molecule has 2 saturated heterocycles. The van der Waals surface area contributed by atoms with Crippen LogP contribution in [0.2, 0.25) is 0 Å². The van der Waals surface area contributed by atoms with Crippen molar-refractivity contribution in [3.63, 3.8) is 0 Å². The van der Waals surface area contributed by atoms with Gasteiger partial charge in [0.1, 0.15) is 11.4 Å². The Morgan fingerprint density at radius 1 is 1.41 bits per heavy atom. The van der Waals surface area contributed by atoms with Crippen LogP contribution in [0.5, 0.6) is 0 Å². The van der Waals surface area contributed by atoms with Gasteiger partial charge in [-0.1, -0.05) is 6.07 Å². The second-order valence-electron chi connectivity index (χ2n) is 8.67. The standard InChI is InChI=1S/C20H27N5O3S/c1-19(2,23-17(27)15-4-3-7-29-15)18(28)25-9-14-8-24(10-16-21-5-6-22-16)11-20(14,12-25)13-26/h3-7,14,26H,8-13H2,1-2H3,(H,21,22)(H,23,27). The molecule has 2 aliphatic rings. The lowest BCUT2D eigenvalue weighted by Gasteiger charge is -2.32. The average molecular weight is 418 g/mol. The van der Waals surface area contributed by atoms with Crippen LogP contribution in [-0.4, -0.2) is 75.0 Å². The summed E-state index contributed by atoms with van der Waals surface area (Å²) in [5.41, 5.74) is -1.33. The van der Waals surface area contributed by atoms with Crippen LogP contribution in [-0.2, 0) is 11.3 Å². The van der Waals surface area contributed by atoms with Gasteiger partial charge >= 0.3 is 0 Å². The highest BCUT2D eigenvalue weighted by Gasteiger charge is 2.54. The zero-order valence-corrected chi connectivity index (χ0v) is 17.5. The Hall–Kier alpha value is -2.23. The molecule has 4 rings (SSSR count). The third-order valence-corrected chi connectivity index (χ3v) is 6.93. The fraction of sp³-hybridized carbons (Fsp3) is 0.550. The molecule has 2 atom stereocenters. The van der Waals surface area contributed by atoms with Crippen LogP contribution < -0.4 is 5.32 Å². The SMILES string of the molecule is CC(C)(NC(=O)c1cccs1)C(=O)N1CC2CN(Cc3ncc[nH]3)CC2(CO)C1. The molecule has 0 spiro atoms. The Kier molecular flexibility index (Phi) is 5.22. The summed E-state index contributed by atoms with van der Waals surface area (Å²) in [4.78, 5) is 37.7. The number of aliphatic hydroxyl groups excluding tert-OH is 1. The Labute approximate surface area is 173 Å². The Morgan fingerprint density at radius 2 is 2.24 bits per heavy atom. The van der Waals surface area contributed by atoms with E-state index in [-0.39, 0.29) is 29.8 Å². The Balaban J connectivity index is 1.41. The number of fused-ring (bicyclic) bond motifs is 1. The summed E-state index contributed by atoms with van der Waals surface area (Å²) in [5.74, 6) is 0.764. The minimum Gasteiger partial charge on any atom is -0.396 e. The first-order valence-corrected chi connectivity index (χ1v) is 10.7. The van der Waals surface area contributed by atoms with Crippen molar-refractivity contribution in [2.24, 2.45) is 11.3 Å². The van der Waals surface area contributed by atoms with Crippen molar-refractivity contribution in [3.05, 3.63) is 40.6 Å². The van der Waals surface area contributed by atoms with Gasteiger partial charge in [0.25, 0.3) is 5.91 Å². The molecule has 0 aromatic carbocycles. The van der Waals surface area contributed by atoms with Crippen molar-refractivity contribution in [3.8, 4) is 0 Å². The van der Waals surface area contributed by atoms with E-state index in [1.807, 2.05) is 11.4 Å². The number of aliphatic hydroxyl groups is 1. The van der Waals surface area contributed by atoms with Crippen molar-refractivity contribution >= 4 is 23.2 Å². The van der Waals surface area contributed by atoms with Gasteiger partial charge in [-0.05, 0) is 31.2 Å².